The number of hydrogen-bond donors (Lipinski definition) is 0. The van der Waals surface area contributed by atoms with Crippen molar-refractivity contribution in [3.8, 4) is 23.0 Å². The van der Waals surface area contributed by atoms with Crippen LogP contribution in [-0.2, 0) is 9.53 Å². The molecule has 0 saturated carbocycles. The second-order valence-corrected chi connectivity index (χ2v) is 8.45. The van der Waals surface area contributed by atoms with Gasteiger partial charge < -0.3 is 14.2 Å². The molecule has 0 radical (unpaired) electrons. The maximum atomic E-state index is 12.1. The maximum absolute atomic E-state index is 12.1. The predicted molar refractivity (Wildman–Crippen MR) is 129 cm³/mol. The van der Waals surface area contributed by atoms with Crippen LogP contribution in [0.4, 0.5) is 0 Å². The van der Waals surface area contributed by atoms with E-state index in [1.54, 1.807) is 24.4 Å². The van der Waals surface area contributed by atoms with Crippen LogP contribution in [0.2, 0.25) is 0 Å². The molecular weight excluding hydrogens is 416 g/mol. The first kappa shape index (κ1) is 24.9. The SMILES string of the molecule is C=CCCCCCCCCCOc1ccnc(-c2ccc(OC(=O)[C@@H]3O[C@@H]3CCC)cc2)n1. The molecule has 0 unspecified atom stereocenters. The Labute approximate surface area is 197 Å². The molecular formula is C27H36N2O4. The van der Waals surface area contributed by atoms with Gasteiger partial charge in [-0.15, -0.1) is 6.58 Å². The zero-order valence-corrected chi connectivity index (χ0v) is 19.7. The van der Waals surface area contributed by atoms with Crippen LogP contribution in [0.15, 0.2) is 49.2 Å². The van der Waals surface area contributed by atoms with Crippen molar-refractivity contribution < 1.29 is 19.0 Å². The molecule has 1 fully saturated rings. The first-order valence-electron chi connectivity index (χ1n) is 12.3. The van der Waals surface area contributed by atoms with Crippen LogP contribution in [0.25, 0.3) is 11.4 Å². The summed E-state index contributed by atoms with van der Waals surface area (Å²) in [6.07, 6.45) is 14.8. The van der Waals surface area contributed by atoms with Gasteiger partial charge in [-0.2, -0.15) is 4.98 Å². The number of carbonyl (C=O) groups excluding carboxylic acids is 1. The van der Waals surface area contributed by atoms with Crippen molar-refractivity contribution in [2.24, 2.45) is 0 Å². The smallest absolute Gasteiger partial charge is 0.343 e. The Morgan fingerprint density at radius 3 is 2.52 bits per heavy atom. The van der Waals surface area contributed by atoms with Crippen LogP contribution >= 0.6 is 0 Å². The third-order valence-electron chi connectivity index (χ3n) is 5.65. The minimum Gasteiger partial charge on any atom is -0.478 e. The average Bonchev–Trinajstić information content (AvgIpc) is 3.61. The van der Waals surface area contributed by atoms with Crippen molar-refractivity contribution in [3.63, 3.8) is 0 Å². The third kappa shape index (κ3) is 8.61. The van der Waals surface area contributed by atoms with Gasteiger partial charge in [-0.25, -0.2) is 9.78 Å². The molecule has 1 aromatic carbocycles. The normalized spacial score (nSPS) is 16.9. The lowest BCUT2D eigenvalue weighted by atomic mass is 10.1. The summed E-state index contributed by atoms with van der Waals surface area (Å²) in [5.41, 5.74) is 0.836. The van der Waals surface area contributed by atoms with E-state index in [1.807, 2.05) is 18.2 Å². The highest BCUT2D eigenvalue weighted by atomic mass is 16.6. The second kappa shape index (κ2) is 13.7. The molecule has 2 heterocycles. The molecule has 1 aromatic heterocycles. The van der Waals surface area contributed by atoms with Crippen LogP contribution in [0.1, 0.15) is 71.1 Å². The van der Waals surface area contributed by atoms with Crippen molar-refractivity contribution in [2.75, 3.05) is 6.61 Å². The summed E-state index contributed by atoms with van der Waals surface area (Å²) in [5, 5.41) is 0. The molecule has 2 atom stereocenters. The van der Waals surface area contributed by atoms with Gasteiger partial charge in [0.1, 0.15) is 5.75 Å². The fourth-order valence-electron chi connectivity index (χ4n) is 3.71. The standard InChI is InChI=1S/C27H36N2O4/c1-3-5-6-7-8-9-10-11-12-20-31-24-18-19-28-26(29-24)21-14-16-22(17-15-21)32-27(30)25-23(33-25)13-4-2/h3,14-19,23,25H,1,4-13,20H2,2H3/t23-,25-/m1/s1. The largest absolute Gasteiger partial charge is 0.478 e. The van der Waals surface area contributed by atoms with E-state index < -0.39 is 6.10 Å². The summed E-state index contributed by atoms with van der Waals surface area (Å²) in [6.45, 7) is 6.49. The molecule has 0 bridgehead atoms. The first-order valence-corrected chi connectivity index (χ1v) is 12.3. The van der Waals surface area contributed by atoms with Gasteiger partial charge in [0.2, 0.25) is 5.88 Å². The average molecular weight is 453 g/mol. The number of aromatic nitrogens is 2. The zero-order valence-electron chi connectivity index (χ0n) is 19.7. The van der Waals surface area contributed by atoms with Crippen molar-refractivity contribution in [1.82, 2.24) is 9.97 Å². The fraction of sp³-hybridized carbons (Fsp3) is 0.519. The Bertz CT molecular complexity index is 869. The van der Waals surface area contributed by atoms with E-state index >= 15 is 0 Å². The molecule has 3 rings (SSSR count). The molecule has 6 heteroatoms. The summed E-state index contributed by atoms with van der Waals surface area (Å²) in [5.74, 6) is 1.31. The highest BCUT2D eigenvalue weighted by Crippen LogP contribution is 2.29. The zero-order chi connectivity index (χ0) is 23.3. The van der Waals surface area contributed by atoms with Crippen LogP contribution in [0, 0.1) is 0 Å². The summed E-state index contributed by atoms with van der Waals surface area (Å²) in [7, 11) is 0. The second-order valence-electron chi connectivity index (χ2n) is 8.45. The van der Waals surface area contributed by atoms with Crippen molar-refractivity contribution in [2.45, 2.75) is 83.3 Å². The molecule has 1 aliphatic heterocycles. The van der Waals surface area contributed by atoms with Crippen LogP contribution < -0.4 is 9.47 Å². The van der Waals surface area contributed by atoms with Crippen molar-refractivity contribution >= 4 is 5.97 Å². The molecule has 1 aliphatic rings. The van der Waals surface area contributed by atoms with Gasteiger partial charge in [0.05, 0.1) is 12.7 Å². The molecule has 0 amide bonds. The van der Waals surface area contributed by atoms with E-state index in [9.17, 15) is 4.79 Å². The molecule has 178 valence electrons. The number of ether oxygens (including phenoxy) is 3. The number of allylic oxidation sites excluding steroid dienone is 1. The lowest BCUT2D eigenvalue weighted by Gasteiger charge is -2.07. The Morgan fingerprint density at radius 1 is 1.06 bits per heavy atom. The van der Waals surface area contributed by atoms with E-state index in [0.717, 1.165) is 31.2 Å². The third-order valence-corrected chi connectivity index (χ3v) is 5.65. The Morgan fingerprint density at radius 2 is 1.79 bits per heavy atom. The summed E-state index contributed by atoms with van der Waals surface area (Å²) in [4.78, 5) is 21.0. The molecule has 0 aliphatic carbocycles. The van der Waals surface area contributed by atoms with Crippen LogP contribution in [-0.4, -0.2) is 34.8 Å². The number of unbranched alkanes of at least 4 members (excludes halogenated alkanes) is 7. The summed E-state index contributed by atoms with van der Waals surface area (Å²) in [6, 6.07) is 8.96. The van der Waals surface area contributed by atoms with Crippen LogP contribution in [0.5, 0.6) is 11.6 Å². The molecule has 0 spiro atoms. The minimum absolute atomic E-state index is 0.00491. The van der Waals surface area contributed by atoms with Gasteiger partial charge in [0, 0.05) is 17.8 Å². The van der Waals surface area contributed by atoms with Gasteiger partial charge in [0.25, 0.3) is 0 Å². The Hall–Kier alpha value is -2.73. The van der Waals surface area contributed by atoms with Gasteiger partial charge >= 0.3 is 5.97 Å². The van der Waals surface area contributed by atoms with E-state index in [-0.39, 0.29) is 12.1 Å². The van der Waals surface area contributed by atoms with Crippen LogP contribution in [0.3, 0.4) is 0 Å². The number of rotatable bonds is 16. The highest BCUT2D eigenvalue weighted by molar-refractivity contribution is 5.80. The van der Waals surface area contributed by atoms with Gasteiger partial charge in [-0.1, -0.05) is 51.5 Å². The number of epoxide rings is 1. The molecule has 33 heavy (non-hydrogen) atoms. The number of benzene rings is 1. The number of carbonyl (C=O) groups is 1. The maximum Gasteiger partial charge on any atom is 0.343 e. The minimum atomic E-state index is -0.427. The molecule has 1 saturated heterocycles. The molecule has 6 nitrogen and oxygen atoms in total. The lowest BCUT2D eigenvalue weighted by molar-refractivity contribution is -0.135. The number of nitrogens with zero attached hydrogens (tertiary/aromatic N) is 2. The number of esters is 1. The van der Waals surface area contributed by atoms with Gasteiger partial charge in [0.15, 0.2) is 11.9 Å². The van der Waals surface area contributed by atoms with E-state index in [1.165, 1.54) is 38.5 Å². The Balaban J connectivity index is 1.37. The topological polar surface area (TPSA) is 73.8 Å². The van der Waals surface area contributed by atoms with E-state index in [2.05, 4.69) is 23.5 Å². The lowest BCUT2D eigenvalue weighted by Crippen LogP contribution is -2.17. The molecule has 2 aromatic rings. The quantitative estimate of drug-likeness (QED) is 0.0978. The predicted octanol–water partition coefficient (Wildman–Crippen LogP) is 6.30. The van der Waals surface area contributed by atoms with E-state index in [0.29, 0.717) is 24.1 Å². The van der Waals surface area contributed by atoms with Gasteiger partial charge in [-0.05, 0) is 49.9 Å². The molecule has 0 N–H and O–H groups in total. The fourth-order valence-corrected chi connectivity index (χ4v) is 3.71. The number of hydrogen-bond acceptors (Lipinski definition) is 6. The summed E-state index contributed by atoms with van der Waals surface area (Å²) >= 11 is 0. The van der Waals surface area contributed by atoms with Crippen molar-refractivity contribution in [3.05, 3.63) is 49.2 Å². The van der Waals surface area contributed by atoms with E-state index in [4.69, 9.17) is 14.2 Å². The van der Waals surface area contributed by atoms with Crippen molar-refractivity contribution in [1.29, 1.82) is 0 Å². The monoisotopic (exact) mass is 452 g/mol. The van der Waals surface area contributed by atoms with Gasteiger partial charge in [-0.3, -0.25) is 0 Å². The highest BCUT2D eigenvalue weighted by Gasteiger charge is 2.45. The Kier molecular flexibility index (Phi) is 10.4. The first-order chi connectivity index (χ1) is 16.2. The summed E-state index contributed by atoms with van der Waals surface area (Å²) < 4.78 is 16.6.